The zero-order chi connectivity index (χ0) is 13.3. The summed E-state index contributed by atoms with van der Waals surface area (Å²) in [6.45, 7) is 3.18. The Kier molecular flexibility index (Phi) is 3.14. The summed E-state index contributed by atoms with van der Waals surface area (Å²) in [6.07, 6.45) is 0. The maximum absolute atomic E-state index is 11.6. The van der Waals surface area contributed by atoms with Gasteiger partial charge in [-0.1, -0.05) is 0 Å². The highest BCUT2D eigenvalue weighted by molar-refractivity contribution is 5.82. The molecule has 0 saturated carbocycles. The molecule has 7 nitrogen and oxygen atoms in total. The van der Waals surface area contributed by atoms with Crippen LogP contribution in [0.1, 0.15) is 5.69 Å². The number of hydrogen-bond acceptors (Lipinski definition) is 5. The summed E-state index contributed by atoms with van der Waals surface area (Å²) in [5.74, 6) is 0.638. The minimum atomic E-state index is -0.457. The summed E-state index contributed by atoms with van der Waals surface area (Å²) in [6, 6.07) is 3.02. The van der Waals surface area contributed by atoms with Crippen LogP contribution >= 0.6 is 0 Å². The van der Waals surface area contributed by atoms with Gasteiger partial charge in [0, 0.05) is 26.2 Å². The molecule has 0 N–H and O–H groups in total. The van der Waals surface area contributed by atoms with Crippen LogP contribution < -0.4 is 4.90 Å². The zero-order valence-electron chi connectivity index (χ0n) is 10.3. The van der Waals surface area contributed by atoms with E-state index in [2.05, 4.69) is 4.98 Å². The van der Waals surface area contributed by atoms with Crippen LogP contribution in [0.15, 0.2) is 12.1 Å². The van der Waals surface area contributed by atoms with Crippen molar-refractivity contribution in [3.63, 3.8) is 0 Å². The van der Waals surface area contributed by atoms with Gasteiger partial charge >= 0.3 is 0 Å². The van der Waals surface area contributed by atoms with Crippen LogP contribution in [-0.4, -0.2) is 47.4 Å². The van der Waals surface area contributed by atoms with Gasteiger partial charge in [-0.05, 0) is 13.0 Å². The van der Waals surface area contributed by atoms with E-state index in [-0.39, 0.29) is 18.1 Å². The third-order valence-electron chi connectivity index (χ3n) is 3.02. The average molecular weight is 250 g/mol. The number of likely N-dealkylation sites (N-methyl/N-ethyl adjacent to an activating group) is 1. The van der Waals surface area contributed by atoms with E-state index in [1.54, 1.807) is 24.9 Å². The molecule has 2 rings (SSSR count). The molecule has 1 aliphatic heterocycles. The van der Waals surface area contributed by atoms with E-state index in [0.717, 1.165) is 0 Å². The molecular weight excluding hydrogens is 236 g/mol. The normalized spacial score (nSPS) is 16.0. The van der Waals surface area contributed by atoms with Crippen LogP contribution in [0.2, 0.25) is 0 Å². The van der Waals surface area contributed by atoms with Crippen LogP contribution in [0, 0.1) is 17.0 Å². The Bertz CT molecular complexity index is 503. The molecule has 1 aromatic rings. The largest absolute Gasteiger partial charge is 0.346 e. The maximum Gasteiger partial charge on any atom is 0.290 e. The molecule has 1 aliphatic rings. The summed E-state index contributed by atoms with van der Waals surface area (Å²) < 4.78 is 0. The summed E-state index contributed by atoms with van der Waals surface area (Å²) in [5, 5.41) is 10.7. The molecule has 1 aromatic heterocycles. The molecule has 0 aliphatic carbocycles. The van der Waals surface area contributed by atoms with Crippen molar-refractivity contribution in [1.82, 2.24) is 9.88 Å². The SMILES string of the molecule is Cc1nc(N2CCN(C)C(=O)C2)ccc1[N+](=O)[O-]. The monoisotopic (exact) mass is 250 g/mol. The number of carbonyl (C=O) groups excluding carboxylic acids is 1. The van der Waals surface area contributed by atoms with Crippen LogP contribution in [-0.2, 0) is 4.79 Å². The van der Waals surface area contributed by atoms with Gasteiger partial charge in [-0.3, -0.25) is 14.9 Å². The number of amides is 1. The van der Waals surface area contributed by atoms with Gasteiger partial charge in [-0.2, -0.15) is 0 Å². The number of aryl methyl sites for hydroxylation is 1. The number of pyridine rings is 1. The Morgan fingerprint density at radius 2 is 2.11 bits per heavy atom. The highest BCUT2D eigenvalue weighted by Gasteiger charge is 2.23. The van der Waals surface area contributed by atoms with E-state index in [1.165, 1.54) is 6.07 Å². The van der Waals surface area contributed by atoms with Crippen LogP contribution in [0.3, 0.4) is 0 Å². The number of nitro groups is 1. The molecule has 0 spiro atoms. The van der Waals surface area contributed by atoms with E-state index in [1.807, 2.05) is 4.90 Å². The van der Waals surface area contributed by atoms with Crippen LogP contribution in [0.4, 0.5) is 11.5 Å². The second-order valence-electron chi connectivity index (χ2n) is 4.27. The average Bonchev–Trinajstić information content (AvgIpc) is 2.32. The molecule has 2 heterocycles. The molecule has 0 unspecified atom stereocenters. The van der Waals surface area contributed by atoms with Gasteiger partial charge in [0.2, 0.25) is 5.91 Å². The van der Waals surface area contributed by atoms with Crippen molar-refractivity contribution >= 4 is 17.4 Å². The van der Waals surface area contributed by atoms with E-state index in [9.17, 15) is 14.9 Å². The first kappa shape index (κ1) is 12.3. The fourth-order valence-electron chi connectivity index (χ4n) is 1.86. The van der Waals surface area contributed by atoms with Crippen molar-refractivity contribution in [2.75, 3.05) is 31.6 Å². The van der Waals surface area contributed by atoms with Crippen molar-refractivity contribution in [1.29, 1.82) is 0 Å². The minimum absolute atomic E-state index is 0.000737. The van der Waals surface area contributed by atoms with E-state index in [0.29, 0.717) is 24.6 Å². The minimum Gasteiger partial charge on any atom is -0.346 e. The third-order valence-corrected chi connectivity index (χ3v) is 3.02. The molecule has 18 heavy (non-hydrogen) atoms. The highest BCUT2D eigenvalue weighted by atomic mass is 16.6. The topological polar surface area (TPSA) is 79.6 Å². The summed E-state index contributed by atoms with van der Waals surface area (Å²) in [5.41, 5.74) is 0.364. The predicted molar refractivity (Wildman–Crippen MR) is 65.5 cm³/mol. The van der Waals surface area contributed by atoms with E-state index >= 15 is 0 Å². The Hall–Kier alpha value is -2.18. The Balaban J connectivity index is 2.22. The fourth-order valence-corrected chi connectivity index (χ4v) is 1.86. The quantitative estimate of drug-likeness (QED) is 0.566. The molecule has 1 fully saturated rings. The standard InChI is InChI=1S/C11H14N4O3/c1-8-9(15(17)18)3-4-10(12-8)14-6-5-13(2)11(16)7-14/h3-4H,5-7H2,1-2H3. The van der Waals surface area contributed by atoms with E-state index in [4.69, 9.17) is 0 Å². The molecular formula is C11H14N4O3. The molecule has 0 radical (unpaired) electrons. The van der Waals surface area contributed by atoms with Crippen molar-refractivity contribution in [2.24, 2.45) is 0 Å². The lowest BCUT2D eigenvalue weighted by atomic mass is 10.2. The van der Waals surface area contributed by atoms with Gasteiger partial charge in [-0.25, -0.2) is 4.98 Å². The second kappa shape index (κ2) is 4.59. The first-order valence-corrected chi connectivity index (χ1v) is 5.60. The Labute approximate surface area is 104 Å². The van der Waals surface area contributed by atoms with Crippen molar-refractivity contribution < 1.29 is 9.72 Å². The highest BCUT2D eigenvalue weighted by Crippen LogP contribution is 2.21. The van der Waals surface area contributed by atoms with Gasteiger partial charge < -0.3 is 9.80 Å². The number of rotatable bonds is 2. The second-order valence-corrected chi connectivity index (χ2v) is 4.27. The number of carbonyl (C=O) groups is 1. The summed E-state index contributed by atoms with van der Waals surface area (Å²) in [7, 11) is 1.76. The van der Waals surface area contributed by atoms with Gasteiger partial charge in [-0.15, -0.1) is 0 Å². The van der Waals surface area contributed by atoms with Gasteiger partial charge in [0.05, 0.1) is 11.5 Å². The van der Waals surface area contributed by atoms with Gasteiger partial charge in [0.1, 0.15) is 11.5 Å². The fraction of sp³-hybridized carbons (Fsp3) is 0.455. The van der Waals surface area contributed by atoms with Crippen LogP contribution in [0.5, 0.6) is 0 Å². The maximum atomic E-state index is 11.6. The first-order valence-electron chi connectivity index (χ1n) is 5.60. The lowest BCUT2D eigenvalue weighted by molar-refractivity contribution is -0.385. The molecule has 1 amide bonds. The zero-order valence-corrected chi connectivity index (χ0v) is 10.3. The van der Waals surface area contributed by atoms with Crippen molar-refractivity contribution in [3.8, 4) is 0 Å². The third kappa shape index (κ3) is 2.24. The van der Waals surface area contributed by atoms with Crippen LogP contribution in [0.25, 0.3) is 0 Å². The summed E-state index contributed by atoms with van der Waals surface area (Å²) in [4.78, 5) is 29.5. The number of nitrogens with zero attached hydrogens (tertiary/aromatic N) is 4. The Morgan fingerprint density at radius 3 is 2.67 bits per heavy atom. The molecule has 0 bridgehead atoms. The molecule has 0 aromatic carbocycles. The molecule has 96 valence electrons. The number of aromatic nitrogens is 1. The number of piperazine rings is 1. The van der Waals surface area contributed by atoms with E-state index < -0.39 is 4.92 Å². The molecule has 1 saturated heterocycles. The lowest BCUT2D eigenvalue weighted by Crippen LogP contribution is -2.48. The van der Waals surface area contributed by atoms with Crippen molar-refractivity contribution in [3.05, 3.63) is 27.9 Å². The number of hydrogen-bond donors (Lipinski definition) is 0. The molecule has 0 atom stereocenters. The lowest BCUT2D eigenvalue weighted by Gasteiger charge is -2.32. The number of anilines is 1. The molecule has 7 heteroatoms. The predicted octanol–water partition coefficient (Wildman–Crippen LogP) is 0.577. The Morgan fingerprint density at radius 1 is 1.39 bits per heavy atom. The van der Waals surface area contributed by atoms with Gasteiger partial charge in [0.15, 0.2) is 0 Å². The summed E-state index contributed by atoms with van der Waals surface area (Å²) >= 11 is 0. The first-order chi connectivity index (χ1) is 8.49. The smallest absolute Gasteiger partial charge is 0.290 e. The van der Waals surface area contributed by atoms with Crippen molar-refractivity contribution in [2.45, 2.75) is 6.92 Å². The van der Waals surface area contributed by atoms with Gasteiger partial charge in [0.25, 0.3) is 5.69 Å².